The van der Waals surface area contributed by atoms with E-state index in [1.165, 1.54) is 21.9 Å². The third kappa shape index (κ3) is 2.58. The van der Waals surface area contributed by atoms with Crippen LogP contribution in [0.3, 0.4) is 0 Å². The Balaban J connectivity index is 1.81. The van der Waals surface area contributed by atoms with Gasteiger partial charge in [0, 0.05) is 12.6 Å². The zero-order valence-electron chi connectivity index (χ0n) is 10.9. The standard InChI is InChI=1S/C11H13N7OS/c1-2-12-4-9-6-17(16-15-9)5-8-3-10(19)18-11(14-8)20-7-13-18/h3,6-7,12H,2,4-5H2,1H3. The Morgan fingerprint density at radius 2 is 2.30 bits per heavy atom. The van der Waals surface area contributed by atoms with Gasteiger partial charge in [-0.2, -0.15) is 9.61 Å². The molecule has 8 nitrogen and oxygen atoms in total. The van der Waals surface area contributed by atoms with Crippen molar-refractivity contribution in [3.05, 3.63) is 39.5 Å². The average Bonchev–Trinajstić information content (AvgIpc) is 3.05. The first-order valence-electron chi connectivity index (χ1n) is 6.18. The Labute approximate surface area is 118 Å². The topological polar surface area (TPSA) is 90.0 Å². The molecule has 0 atom stereocenters. The van der Waals surface area contributed by atoms with Crippen molar-refractivity contribution in [2.24, 2.45) is 0 Å². The summed E-state index contributed by atoms with van der Waals surface area (Å²) in [6, 6.07) is 1.47. The lowest BCUT2D eigenvalue weighted by atomic mass is 10.4. The zero-order chi connectivity index (χ0) is 13.9. The van der Waals surface area contributed by atoms with Crippen molar-refractivity contribution in [1.29, 1.82) is 0 Å². The second kappa shape index (κ2) is 5.47. The maximum Gasteiger partial charge on any atom is 0.275 e. The minimum absolute atomic E-state index is 0.181. The quantitative estimate of drug-likeness (QED) is 0.706. The van der Waals surface area contributed by atoms with Crippen molar-refractivity contribution >= 4 is 16.3 Å². The van der Waals surface area contributed by atoms with Gasteiger partial charge in [-0.05, 0) is 6.54 Å². The molecule has 0 saturated carbocycles. The van der Waals surface area contributed by atoms with Crippen molar-refractivity contribution in [2.75, 3.05) is 6.54 Å². The number of nitrogens with one attached hydrogen (secondary N) is 1. The van der Waals surface area contributed by atoms with E-state index < -0.39 is 0 Å². The van der Waals surface area contributed by atoms with Crippen LogP contribution < -0.4 is 10.9 Å². The Hall–Kier alpha value is -2.13. The molecule has 0 fully saturated rings. The molecule has 0 spiro atoms. The van der Waals surface area contributed by atoms with E-state index in [2.05, 4.69) is 25.7 Å². The van der Waals surface area contributed by atoms with Crippen LogP contribution in [-0.4, -0.2) is 36.1 Å². The van der Waals surface area contributed by atoms with E-state index in [4.69, 9.17) is 0 Å². The van der Waals surface area contributed by atoms with Gasteiger partial charge in [0.25, 0.3) is 5.56 Å². The van der Waals surface area contributed by atoms with Crippen LogP contribution in [0.2, 0.25) is 0 Å². The number of hydrogen-bond acceptors (Lipinski definition) is 7. The van der Waals surface area contributed by atoms with Gasteiger partial charge < -0.3 is 5.32 Å². The van der Waals surface area contributed by atoms with Crippen molar-refractivity contribution in [2.45, 2.75) is 20.0 Å². The predicted molar refractivity (Wildman–Crippen MR) is 73.6 cm³/mol. The highest BCUT2D eigenvalue weighted by molar-refractivity contribution is 7.14. The Morgan fingerprint density at radius 3 is 3.15 bits per heavy atom. The van der Waals surface area contributed by atoms with Gasteiger partial charge in [-0.25, -0.2) is 9.67 Å². The molecule has 0 unspecified atom stereocenters. The van der Waals surface area contributed by atoms with Crippen LogP contribution in [0.15, 0.2) is 22.6 Å². The lowest BCUT2D eigenvalue weighted by Crippen LogP contribution is -2.16. The molecule has 0 amide bonds. The smallest absolute Gasteiger partial charge is 0.275 e. The van der Waals surface area contributed by atoms with Crippen LogP contribution in [-0.2, 0) is 13.1 Å². The van der Waals surface area contributed by atoms with E-state index >= 15 is 0 Å². The fourth-order valence-corrected chi connectivity index (χ4v) is 2.44. The minimum atomic E-state index is -0.181. The third-order valence-electron chi connectivity index (χ3n) is 2.71. The van der Waals surface area contributed by atoms with Crippen LogP contribution in [0.5, 0.6) is 0 Å². The van der Waals surface area contributed by atoms with Gasteiger partial charge in [0.2, 0.25) is 4.96 Å². The maximum absolute atomic E-state index is 11.8. The van der Waals surface area contributed by atoms with Crippen molar-refractivity contribution in [3.63, 3.8) is 0 Å². The molecule has 0 aliphatic heterocycles. The average molecular weight is 291 g/mol. The molecule has 0 aliphatic rings. The summed E-state index contributed by atoms with van der Waals surface area (Å²) < 4.78 is 2.96. The first-order chi connectivity index (χ1) is 9.76. The van der Waals surface area contributed by atoms with Crippen molar-refractivity contribution in [1.82, 2.24) is 34.9 Å². The molecule has 3 rings (SSSR count). The van der Waals surface area contributed by atoms with E-state index in [-0.39, 0.29) is 5.56 Å². The Kier molecular flexibility index (Phi) is 3.52. The van der Waals surface area contributed by atoms with Crippen molar-refractivity contribution < 1.29 is 0 Å². The second-order valence-corrected chi connectivity index (χ2v) is 5.02. The van der Waals surface area contributed by atoms with Crippen molar-refractivity contribution in [3.8, 4) is 0 Å². The summed E-state index contributed by atoms with van der Waals surface area (Å²) in [5.41, 5.74) is 2.93. The van der Waals surface area contributed by atoms with Gasteiger partial charge >= 0.3 is 0 Å². The predicted octanol–water partition coefficient (Wildman–Crippen LogP) is -0.0997. The summed E-state index contributed by atoms with van der Waals surface area (Å²) in [6.45, 7) is 4.02. The van der Waals surface area contributed by atoms with E-state index in [0.29, 0.717) is 23.7 Å². The molecule has 104 valence electrons. The molecule has 0 radical (unpaired) electrons. The van der Waals surface area contributed by atoms with Crippen LogP contribution in [0.25, 0.3) is 4.96 Å². The monoisotopic (exact) mass is 291 g/mol. The maximum atomic E-state index is 11.8. The molecular formula is C11H13N7OS. The largest absolute Gasteiger partial charge is 0.311 e. The first-order valence-corrected chi connectivity index (χ1v) is 7.06. The summed E-state index contributed by atoms with van der Waals surface area (Å²) >= 11 is 1.33. The van der Waals surface area contributed by atoms with Crippen LogP contribution in [0.1, 0.15) is 18.3 Å². The number of fused-ring (bicyclic) bond motifs is 1. The van der Waals surface area contributed by atoms with Crippen LogP contribution >= 0.6 is 11.3 Å². The van der Waals surface area contributed by atoms with E-state index in [1.807, 2.05) is 13.1 Å². The van der Waals surface area contributed by atoms with Gasteiger partial charge in [0.1, 0.15) is 5.51 Å². The van der Waals surface area contributed by atoms with E-state index in [9.17, 15) is 4.79 Å². The molecule has 1 N–H and O–H groups in total. The summed E-state index contributed by atoms with van der Waals surface area (Å²) in [6.07, 6.45) is 1.85. The highest BCUT2D eigenvalue weighted by Gasteiger charge is 2.06. The molecule has 9 heteroatoms. The van der Waals surface area contributed by atoms with Gasteiger partial charge in [-0.1, -0.05) is 23.5 Å². The van der Waals surface area contributed by atoms with Gasteiger partial charge in [-0.3, -0.25) is 4.79 Å². The number of aromatic nitrogens is 6. The molecule has 0 saturated heterocycles. The lowest BCUT2D eigenvalue weighted by molar-refractivity contribution is 0.635. The number of hydrogen-bond donors (Lipinski definition) is 1. The molecule has 3 heterocycles. The Bertz CT molecular complexity index is 774. The van der Waals surface area contributed by atoms with Gasteiger partial charge in [0.05, 0.1) is 24.1 Å². The highest BCUT2D eigenvalue weighted by Crippen LogP contribution is 2.05. The summed E-state index contributed by atoms with van der Waals surface area (Å²) in [5.74, 6) is 0. The first kappa shape index (κ1) is 12.9. The summed E-state index contributed by atoms with van der Waals surface area (Å²) in [4.78, 5) is 16.8. The minimum Gasteiger partial charge on any atom is -0.311 e. The van der Waals surface area contributed by atoms with E-state index in [1.54, 1.807) is 10.2 Å². The SMILES string of the molecule is CCNCc1cn(Cc2cc(=O)n3ncsc3n2)nn1. The molecule has 3 aromatic heterocycles. The van der Waals surface area contributed by atoms with E-state index in [0.717, 1.165) is 12.2 Å². The van der Waals surface area contributed by atoms with Crippen LogP contribution in [0.4, 0.5) is 0 Å². The van der Waals surface area contributed by atoms with Gasteiger partial charge in [-0.15, -0.1) is 5.10 Å². The number of nitrogens with zero attached hydrogens (tertiary/aromatic N) is 6. The molecule has 0 aromatic carbocycles. The Morgan fingerprint density at radius 1 is 1.40 bits per heavy atom. The highest BCUT2D eigenvalue weighted by atomic mass is 32.1. The molecule has 3 aromatic rings. The summed E-state index contributed by atoms with van der Waals surface area (Å²) in [7, 11) is 0. The van der Waals surface area contributed by atoms with Crippen LogP contribution in [0, 0.1) is 0 Å². The second-order valence-electron chi connectivity index (χ2n) is 4.21. The lowest BCUT2D eigenvalue weighted by Gasteiger charge is -1.99. The fraction of sp³-hybridized carbons (Fsp3) is 0.364. The molecular weight excluding hydrogens is 278 g/mol. The molecule has 20 heavy (non-hydrogen) atoms. The third-order valence-corrected chi connectivity index (χ3v) is 3.38. The summed E-state index contributed by atoms with van der Waals surface area (Å²) in [5, 5.41) is 15.2. The number of rotatable bonds is 5. The fourth-order valence-electron chi connectivity index (χ4n) is 1.80. The molecule has 0 aliphatic carbocycles. The normalized spacial score (nSPS) is 11.2. The van der Waals surface area contributed by atoms with Gasteiger partial charge in [0.15, 0.2) is 0 Å². The zero-order valence-corrected chi connectivity index (χ0v) is 11.7. The molecule has 0 bridgehead atoms.